The van der Waals surface area contributed by atoms with Crippen molar-refractivity contribution in [1.82, 2.24) is 15.2 Å². The van der Waals surface area contributed by atoms with E-state index in [9.17, 15) is 0 Å². The first-order valence-corrected chi connectivity index (χ1v) is 6.42. The maximum atomic E-state index is 4.53. The summed E-state index contributed by atoms with van der Waals surface area (Å²) >= 11 is 1.77. The van der Waals surface area contributed by atoms with Gasteiger partial charge < -0.3 is 5.32 Å². The molecular weight excluding hydrogens is 242 g/mol. The summed E-state index contributed by atoms with van der Waals surface area (Å²) in [6, 6.07) is 1.22. The van der Waals surface area contributed by atoms with Crippen molar-refractivity contribution in [2.75, 3.05) is 13.1 Å². The topological polar surface area (TPSA) is 28.2 Å². The predicted octanol–water partition coefficient (Wildman–Crippen LogP) is 2.06. The van der Waals surface area contributed by atoms with Crippen LogP contribution in [0.3, 0.4) is 0 Å². The number of thiazole rings is 1. The number of halogens is 1. The van der Waals surface area contributed by atoms with Crippen LogP contribution in [0.2, 0.25) is 0 Å². The lowest BCUT2D eigenvalue weighted by molar-refractivity contribution is 0.108. The zero-order valence-corrected chi connectivity index (χ0v) is 11.7. The van der Waals surface area contributed by atoms with Gasteiger partial charge in [0.15, 0.2) is 0 Å². The Labute approximate surface area is 108 Å². The molecule has 1 aromatic heterocycles. The van der Waals surface area contributed by atoms with Crippen LogP contribution in [0.15, 0.2) is 5.38 Å². The highest BCUT2D eigenvalue weighted by molar-refractivity contribution is 7.09. The first-order chi connectivity index (χ1) is 7.16. The Hall–Kier alpha value is -0.160. The predicted molar refractivity (Wildman–Crippen MR) is 71.4 cm³/mol. The number of piperazine rings is 1. The van der Waals surface area contributed by atoms with E-state index in [-0.39, 0.29) is 12.4 Å². The van der Waals surface area contributed by atoms with Gasteiger partial charge in [0.25, 0.3) is 0 Å². The van der Waals surface area contributed by atoms with Crippen molar-refractivity contribution in [1.29, 1.82) is 0 Å². The van der Waals surface area contributed by atoms with Crippen LogP contribution in [0.1, 0.15) is 24.5 Å². The van der Waals surface area contributed by atoms with Crippen LogP contribution >= 0.6 is 23.7 Å². The smallest absolute Gasteiger partial charge is 0.107 e. The number of nitrogens with zero attached hydrogens (tertiary/aromatic N) is 2. The first-order valence-electron chi connectivity index (χ1n) is 5.54. The molecule has 2 rings (SSSR count). The lowest BCUT2D eigenvalue weighted by atomic mass is 10.1. The Morgan fingerprint density at radius 2 is 2.06 bits per heavy atom. The molecule has 0 saturated carbocycles. The lowest BCUT2D eigenvalue weighted by Gasteiger charge is -2.38. The summed E-state index contributed by atoms with van der Waals surface area (Å²) in [7, 11) is 0. The van der Waals surface area contributed by atoms with Crippen LogP contribution in [0.25, 0.3) is 0 Å². The van der Waals surface area contributed by atoms with Crippen LogP contribution in [0.4, 0.5) is 0 Å². The molecule has 0 radical (unpaired) electrons. The zero-order chi connectivity index (χ0) is 10.8. The molecule has 1 aliphatic rings. The normalized spacial score (nSPS) is 26.4. The van der Waals surface area contributed by atoms with E-state index < -0.39 is 0 Å². The fraction of sp³-hybridized carbons (Fsp3) is 0.727. The van der Waals surface area contributed by atoms with Crippen molar-refractivity contribution in [3.63, 3.8) is 0 Å². The minimum absolute atomic E-state index is 0. The average Bonchev–Trinajstić information content (AvgIpc) is 2.58. The van der Waals surface area contributed by atoms with Gasteiger partial charge in [0, 0.05) is 36.2 Å². The van der Waals surface area contributed by atoms with E-state index >= 15 is 0 Å². The molecule has 1 aromatic rings. The molecule has 2 heterocycles. The fourth-order valence-corrected chi connectivity index (χ4v) is 2.89. The molecule has 3 nitrogen and oxygen atoms in total. The largest absolute Gasteiger partial charge is 0.314 e. The third kappa shape index (κ3) is 3.17. The summed E-state index contributed by atoms with van der Waals surface area (Å²) in [6.07, 6.45) is 0. The maximum Gasteiger partial charge on any atom is 0.107 e. The van der Waals surface area contributed by atoms with Crippen molar-refractivity contribution in [2.45, 2.75) is 39.4 Å². The van der Waals surface area contributed by atoms with Gasteiger partial charge >= 0.3 is 0 Å². The Balaban J connectivity index is 0.00000128. The van der Waals surface area contributed by atoms with E-state index in [1.54, 1.807) is 11.3 Å². The number of hydrogen-bond donors (Lipinski definition) is 1. The van der Waals surface area contributed by atoms with Crippen molar-refractivity contribution in [3.8, 4) is 0 Å². The second-order valence-electron chi connectivity index (χ2n) is 4.41. The van der Waals surface area contributed by atoms with E-state index in [2.05, 4.69) is 41.4 Å². The van der Waals surface area contributed by atoms with Crippen LogP contribution in [0.5, 0.6) is 0 Å². The number of aryl methyl sites for hydroxylation is 1. The molecule has 2 atom stereocenters. The van der Waals surface area contributed by atoms with Gasteiger partial charge in [-0.3, -0.25) is 4.90 Å². The second-order valence-corrected chi connectivity index (χ2v) is 5.35. The van der Waals surface area contributed by atoms with Gasteiger partial charge in [0.05, 0.1) is 6.54 Å². The highest BCUT2D eigenvalue weighted by atomic mass is 35.5. The maximum absolute atomic E-state index is 4.53. The number of hydrogen-bond acceptors (Lipinski definition) is 4. The summed E-state index contributed by atoms with van der Waals surface area (Å²) in [5.41, 5.74) is 1.14. The molecule has 0 unspecified atom stereocenters. The Morgan fingerprint density at radius 1 is 1.44 bits per heavy atom. The third-order valence-electron chi connectivity index (χ3n) is 3.00. The highest BCUT2D eigenvalue weighted by Gasteiger charge is 2.24. The Kier molecular flexibility index (Phi) is 5.18. The molecule has 16 heavy (non-hydrogen) atoms. The zero-order valence-electron chi connectivity index (χ0n) is 10.1. The summed E-state index contributed by atoms with van der Waals surface area (Å²) in [5, 5.41) is 6.82. The fourth-order valence-electron chi connectivity index (χ4n) is 2.11. The molecular formula is C11H20ClN3S. The van der Waals surface area contributed by atoms with E-state index in [1.165, 1.54) is 5.01 Å². The van der Waals surface area contributed by atoms with Gasteiger partial charge in [0.2, 0.25) is 0 Å². The van der Waals surface area contributed by atoms with E-state index in [1.807, 2.05) is 0 Å². The molecule has 0 aliphatic carbocycles. The molecule has 0 aromatic carbocycles. The SMILES string of the molecule is Cc1csc(CN2[C@H](C)CNC[C@@H]2C)n1.Cl. The monoisotopic (exact) mass is 261 g/mol. The van der Waals surface area contributed by atoms with Crippen LogP contribution in [-0.4, -0.2) is 35.1 Å². The first kappa shape index (κ1) is 13.9. The number of aromatic nitrogens is 1. The quantitative estimate of drug-likeness (QED) is 0.883. The lowest BCUT2D eigenvalue weighted by Crippen LogP contribution is -2.54. The number of nitrogens with one attached hydrogen (secondary N) is 1. The molecule has 1 N–H and O–H groups in total. The number of rotatable bonds is 2. The molecule has 0 bridgehead atoms. The van der Waals surface area contributed by atoms with Gasteiger partial charge in [-0.05, 0) is 20.8 Å². The highest BCUT2D eigenvalue weighted by Crippen LogP contribution is 2.17. The Bertz CT molecular complexity index is 319. The standard InChI is InChI=1S/C11H19N3S.ClH/c1-8-7-15-11(13-8)6-14-9(2)4-12-5-10(14)3;/h7,9-10,12H,4-6H2,1-3H3;1H/t9-,10+;. The van der Waals surface area contributed by atoms with E-state index in [0.29, 0.717) is 12.1 Å². The minimum Gasteiger partial charge on any atom is -0.314 e. The van der Waals surface area contributed by atoms with Crippen LogP contribution < -0.4 is 5.32 Å². The second kappa shape index (κ2) is 5.96. The Morgan fingerprint density at radius 3 is 2.56 bits per heavy atom. The van der Waals surface area contributed by atoms with Crippen molar-refractivity contribution in [2.24, 2.45) is 0 Å². The van der Waals surface area contributed by atoms with E-state index in [4.69, 9.17) is 0 Å². The van der Waals surface area contributed by atoms with Gasteiger partial charge in [-0.2, -0.15) is 0 Å². The van der Waals surface area contributed by atoms with Crippen molar-refractivity contribution < 1.29 is 0 Å². The summed E-state index contributed by atoms with van der Waals surface area (Å²) in [4.78, 5) is 7.07. The molecule has 0 spiro atoms. The minimum atomic E-state index is 0. The molecule has 1 fully saturated rings. The van der Waals surface area contributed by atoms with Crippen molar-refractivity contribution >= 4 is 23.7 Å². The summed E-state index contributed by atoms with van der Waals surface area (Å²) in [5.74, 6) is 0. The summed E-state index contributed by atoms with van der Waals surface area (Å²) < 4.78 is 0. The average molecular weight is 262 g/mol. The van der Waals surface area contributed by atoms with Crippen LogP contribution in [0, 0.1) is 6.92 Å². The van der Waals surface area contributed by atoms with Crippen LogP contribution in [-0.2, 0) is 6.54 Å². The molecule has 92 valence electrons. The van der Waals surface area contributed by atoms with Gasteiger partial charge in [-0.1, -0.05) is 0 Å². The van der Waals surface area contributed by atoms with E-state index in [0.717, 1.165) is 25.3 Å². The molecule has 0 amide bonds. The molecule has 1 aliphatic heterocycles. The van der Waals surface area contributed by atoms with Gasteiger partial charge in [-0.25, -0.2) is 4.98 Å². The van der Waals surface area contributed by atoms with Crippen molar-refractivity contribution in [3.05, 3.63) is 16.1 Å². The molecule has 1 saturated heterocycles. The molecule has 5 heteroatoms. The van der Waals surface area contributed by atoms with Gasteiger partial charge in [-0.15, -0.1) is 23.7 Å². The summed E-state index contributed by atoms with van der Waals surface area (Å²) in [6.45, 7) is 9.81. The van der Waals surface area contributed by atoms with Gasteiger partial charge in [0.1, 0.15) is 5.01 Å². The third-order valence-corrected chi connectivity index (χ3v) is 3.95.